The van der Waals surface area contributed by atoms with E-state index in [-0.39, 0.29) is 0 Å². The van der Waals surface area contributed by atoms with Crippen LogP contribution in [0.3, 0.4) is 0 Å². The quantitative estimate of drug-likeness (QED) is 0.540. The van der Waals surface area contributed by atoms with Gasteiger partial charge in [0.15, 0.2) is 0 Å². The Labute approximate surface area is 97.2 Å². The molecule has 0 rings (SSSR count). The van der Waals surface area contributed by atoms with Crippen LogP contribution in [0.25, 0.3) is 0 Å². The van der Waals surface area contributed by atoms with Crippen LogP contribution in [0.1, 0.15) is 61.8 Å². The van der Waals surface area contributed by atoms with Crippen molar-refractivity contribution in [3.05, 3.63) is 11.1 Å². The number of allylic oxidation sites excluding steroid dienone is 2. The highest BCUT2D eigenvalue weighted by Crippen LogP contribution is 2.33. The van der Waals surface area contributed by atoms with E-state index in [1.165, 1.54) is 12.0 Å². The fourth-order valence-electron chi connectivity index (χ4n) is 2.48. The van der Waals surface area contributed by atoms with Gasteiger partial charge in [0.2, 0.25) is 0 Å². The molecule has 3 atom stereocenters. The first-order valence-electron chi connectivity index (χ1n) is 6.50. The first-order chi connectivity index (χ1) is 6.82. The normalized spacial score (nSPS) is 17.4. The zero-order chi connectivity index (χ0) is 12.2. The van der Waals surface area contributed by atoms with Gasteiger partial charge in [-0.25, -0.2) is 0 Å². The van der Waals surface area contributed by atoms with E-state index in [9.17, 15) is 0 Å². The van der Waals surface area contributed by atoms with Crippen LogP contribution in [-0.4, -0.2) is 0 Å². The molecule has 0 amide bonds. The molecule has 0 N–H and O–H groups in total. The zero-order valence-electron chi connectivity index (χ0n) is 12.0. The molecule has 3 unspecified atom stereocenters. The standard InChI is InChI=1S/C15H30/c1-9-12(6)15(11(4)5)14(8)13(7)10(2)3/h10,12-14H,9H2,1-8H3. The predicted octanol–water partition coefficient (Wildman–Crippen LogP) is 5.30. The van der Waals surface area contributed by atoms with Crippen molar-refractivity contribution in [2.24, 2.45) is 23.7 Å². The van der Waals surface area contributed by atoms with Crippen LogP contribution in [0.4, 0.5) is 0 Å². The minimum atomic E-state index is 0.727. The van der Waals surface area contributed by atoms with Crippen molar-refractivity contribution in [1.29, 1.82) is 0 Å². The molecule has 90 valence electrons. The summed E-state index contributed by atoms with van der Waals surface area (Å²) in [5, 5.41) is 0. The lowest BCUT2D eigenvalue weighted by molar-refractivity contribution is 0.310. The van der Waals surface area contributed by atoms with Crippen molar-refractivity contribution in [2.75, 3.05) is 0 Å². The van der Waals surface area contributed by atoms with Gasteiger partial charge in [-0.2, -0.15) is 0 Å². The second kappa shape index (κ2) is 6.35. The van der Waals surface area contributed by atoms with Gasteiger partial charge in [-0.3, -0.25) is 0 Å². The average Bonchev–Trinajstić information content (AvgIpc) is 2.15. The first-order valence-corrected chi connectivity index (χ1v) is 6.50. The van der Waals surface area contributed by atoms with Gasteiger partial charge in [0.25, 0.3) is 0 Å². The van der Waals surface area contributed by atoms with Gasteiger partial charge < -0.3 is 0 Å². The minimum Gasteiger partial charge on any atom is -0.0767 e. The lowest BCUT2D eigenvalue weighted by Crippen LogP contribution is -2.20. The molecule has 0 radical (unpaired) electrons. The molecular weight excluding hydrogens is 180 g/mol. The third kappa shape index (κ3) is 4.01. The molecule has 0 heterocycles. The SMILES string of the molecule is CCC(C)C(=C(C)C)C(C)C(C)C(C)C. The molecule has 0 aromatic heterocycles. The topological polar surface area (TPSA) is 0 Å². The molecule has 0 heteroatoms. The lowest BCUT2D eigenvalue weighted by Gasteiger charge is -2.30. The van der Waals surface area contributed by atoms with Gasteiger partial charge in [0, 0.05) is 0 Å². The van der Waals surface area contributed by atoms with E-state index >= 15 is 0 Å². The number of hydrogen-bond donors (Lipinski definition) is 0. The van der Waals surface area contributed by atoms with E-state index in [4.69, 9.17) is 0 Å². The first kappa shape index (κ1) is 14.7. The molecule has 0 bridgehead atoms. The monoisotopic (exact) mass is 210 g/mol. The van der Waals surface area contributed by atoms with Gasteiger partial charge in [-0.1, -0.05) is 52.7 Å². The van der Waals surface area contributed by atoms with E-state index < -0.39 is 0 Å². The van der Waals surface area contributed by atoms with Gasteiger partial charge in [0.1, 0.15) is 0 Å². The number of hydrogen-bond acceptors (Lipinski definition) is 0. The third-order valence-corrected chi connectivity index (χ3v) is 4.05. The Morgan fingerprint density at radius 1 is 0.933 bits per heavy atom. The van der Waals surface area contributed by atoms with Crippen LogP contribution in [0, 0.1) is 23.7 Å². The molecule has 0 spiro atoms. The molecule has 15 heavy (non-hydrogen) atoms. The average molecular weight is 210 g/mol. The van der Waals surface area contributed by atoms with Crippen molar-refractivity contribution >= 4 is 0 Å². The molecule has 0 aliphatic carbocycles. The summed E-state index contributed by atoms with van der Waals surface area (Å²) in [5.41, 5.74) is 3.23. The van der Waals surface area contributed by atoms with Gasteiger partial charge in [-0.15, -0.1) is 0 Å². The second-order valence-corrected chi connectivity index (χ2v) is 5.66. The smallest absolute Gasteiger partial charge is 0.0198 e. The van der Waals surface area contributed by atoms with E-state index in [1.807, 2.05) is 0 Å². The summed E-state index contributed by atoms with van der Waals surface area (Å²) >= 11 is 0. The Morgan fingerprint density at radius 3 is 1.67 bits per heavy atom. The molecule has 0 saturated carbocycles. The molecule has 0 aromatic rings. The Kier molecular flexibility index (Phi) is 6.24. The van der Waals surface area contributed by atoms with Crippen LogP contribution >= 0.6 is 0 Å². The summed E-state index contributed by atoms with van der Waals surface area (Å²) in [6.07, 6.45) is 1.26. The van der Waals surface area contributed by atoms with E-state index in [0.717, 1.165) is 23.7 Å². The minimum absolute atomic E-state index is 0.727. The summed E-state index contributed by atoms with van der Waals surface area (Å²) in [6.45, 7) is 18.7. The Bertz CT molecular complexity index is 206. The highest BCUT2D eigenvalue weighted by Gasteiger charge is 2.23. The highest BCUT2D eigenvalue weighted by molar-refractivity contribution is 5.16. The van der Waals surface area contributed by atoms with E-state index in [1.54, 1.807) is 5.57 Å². The van der Waals surface area contributed by atoms with Crippen molar-refractivity contribution < 1.29 is 0 Å². The molecule has 0 fully saturated rings. The van der Waals surface area contributed by atoms with Crippen molar-refractivity contribution in [2.45, 2.75) is 61.8 Å². The summed E-state index contributed by atoms with van der Waals surface area (Å²) < 4.78 is 0. The molecule has 0 aliphatic rings. The summed E-state index contributed by atoms with van der Waals surface area (Å²) in [4.78, 5) is 0. The van der Waals surface area contributed by atoms with Crippen molar-refractivity contribution in [3.63, 3.8) is 0 Å². The molecule has 0 nitrogen and oxygen atoms in total. The van der Waals surface area contributed by atoms with Crippen LogP contribution in [0.15, 0.2) is 11.1 Å². The van der Waals surface area contributed by atoms with Crippen LogP contribution in [0.5, 0.6) is 0 Å². The van der Waals surface area contributed by atoms with Crippen LogP contribution in [-0.2, 0) is 0 Å². The second-order valence-electron chi connectivity index (χ2n) is 5.66. The molecule has 0 saturated heterocycles. The largest absolute Gasteiger partial charge is 0.0767 e. The Morgan fingerprint density at radius 2 is 1.40 bits per heavy atom. The van der Waals surface area contributed by atoms with E-state index in [0.29, 0.717) is 0 Å². The Balaban J connectivity index is 4.89. The van der Waals surface area contributed by atoms with Crippen LogP contribution in [0.2, 0.25) is 0 Å². The van der Waals surface area contributed by atoms with Gasteiger partial charge in [-0.05, 0) is 43.9 Å². The maximum atomic E-state index is 2.40. The molecule has 0 aliphatic heterocycles. The number of rotatable bonds is 5. The predicted molar refractivity (Wildman–Crippen MR) is 71.0 cm³/mol. The van der Waals surface area contributed by atoms with Gasteiger partial charge in [0.05, 0.1) is 0 Å². The van der Waals surface area contributed by atoms with E-state index in [2.05, 4.69) is 55.4 Å². The zero-order valence-corrected chi connectivity index (χ0v) is 12.0. The fraction of sp³-hybridized carbons (Fsp3) is 0.867. The van der Waals surface area contributed by atoms with Gasteiger partial charge >= 0.3 is 0 Å². The summed E-state index contributed by atoms with van der Waals surface area (Å²) in [7, 11) is 0. The lowest BCUT2D eigenvalue weighted by atomic mass is 9.75. The Hall–Kier alpha value is -0.260. The molecule has 0 aromatic carbocycles. The van der Waals surface area contributed by atoms with Crippen molar-refractivity contribution in [1.82, 2.24) is 0 Å². The van der Waals surface area contributed by atoms with Crippen LogP contribution < -0.4 is 0 Å². The third-order valence-electron chi connectivity index (χ3n) is 4.05. The fourth-order valence-corrected chi connectivity index (χ4v) is 2.48. The summed E-state index contributed by atoms with van der Waals surface area (Å²) in [6, 6.07) is 0. The molecular formula is C15H30. The van der Waals surface area contributed by atoms with Crippen molar-refractivity contribution in [3.8, 4) is 0 Å². The summed E-state index contributed by atoms with van der Waals surface area (Å²) in [5.74, 6) is 3.03. The highest BCUT2D eigenvalue weighted by atomic mass is 14.3. The maximum absolute atomic E-state index is 2.40. The maximum Gasteiger partial charge on any atom is -0.0198 e.